The van der Waals surface area contributed by atoms with Crippen LogP contribution in [0.3, 0.4) is 0 Å². The number of amides is 1. The van der Waals surface area contributed by atoms with Crippen LogP contribution in [0, 0.1) is 0 Å². The van der Waals surface area contributed by atoms with Crippen molar-refractivity contribution in [2.45, 2.75) is 36.8 Å². The van der Waals surface area contributed by atoms with Crippen molar-refractivity contribution < 1.29 is 9.53 Å². The Hall–Kier alpha value is -2.24. The molecule has 4 heterocycles. The molecule has 0 radical (unpaired) electrons. The fourth-order valence-electron chi connectivity index (χ4n) is 2.99. The summed E-state index contributed by atoms with van der Waals surface area (Å²) in [6, 6.07) is 0. The molecule has 1 fully saturated rings. The second-order valence-electron chi connectivity index (χ2n) is 6.08. The number of aromatic amines is 1. The zero-order valence-corrected chi connectivity index (χ0v) is 16.2. The van der Waals surface area contributed by atoms with E-state index < -0.39 is 0 Å². The number of hydrogen-bond acceptors (Lipinski definition) is 8. The molecular formula is C16H18N6O3S2. The lowest BCUT2D eigenvalue weighted by Gasteiger charge is -2.15. The molecule has 11 heteroatoms. The lowest BCUT2D eigenvalue weighted by atomic mass is 10.1. The van der Waals surface area contributed by atoms with Crippen molar-refractivity contribution in [2.24, 2.45) is 0 Å². The Morgan fingerprint density at radius 3 is 3.15 bits per heavy atom. The van der Waals surface area contributed by atoms with Crippen molar-refractivity contribution in [2.75, 3.05) is 17.7 Å². The molecule has 1 saturated heterocycles. The van der Waals surface area contributed by atoms with E-state index in [4.69, 9.17) is 4.74 Å². The molecule has 1 aromatic rings. The molecule has 9 nitrogen and oxygen atoms in total. The molecule has 142 valence electrons. The molecule has 1 atom stereocenters. The predicted molar refractivity (Wildman–Crippen MR) is 103 cm³/mol. The number of pyridine rings is 1. The predicted octanol–water partition coefficient (Wildman–Crippen LogP) is 2.07. The van der Waals surface area contributed by atoms with Crippen molar-refractivity contribution in [3.05, 3.63) is 28.3 Å². The van der Waals surface area contributed by atoms with Crippen molar-refractivity contribution >= 4 is 34.1 Å². The van der Waals surface area contributed by atoms with Crippen LogP contribution in [0.2, 0.25) is 0 Å². The molecule has 0 unspecified atom stereocenters. The van der Waals surface area contributed by atoms with Gasteiger partial charge in [-0.1, -0.05) is 30.0 Å². The van der Waals surface area contributed by atoms with E-state index in [1.807, 2.05) is 11.5 Å². The van der Waals surface area contributed by atoms with Crippen LogP contribution >= 0.6 is 23.1 Å². The Morgan fingerprint density at radius 2 is 2.37 bits per heavy atom. The number of aromatic nitrogens is 5. The first-order chi connectivity index (χ1) is 13.1. The van der Waals surface area contributed by atoms with Crippen LogP contribution in [0.5, 0.6) is 0 Å². The van der Waals surface area contributed by atoms with E-state index in [1.54, 1.807) is 24.2 Å². The van der Waals surface area contributed by atoms with E-state index in [1.165, 1.54) is 11.3 Å². The minimum Gasteiger partial charge on any atom is -0.376 e. The van der Waals surface area contributed by atoms with E-state index in [0.29, 0.717) is 28.5 Å². The molecule has 3 aliphatic heterocycles. The van der Waals surface area contributed by atoms with Crippen LogP contribution in [-0.4, -0.2) is 49.3 Å². The highest BCUT2D eigenvalue weighted by molar-refractivity contribution is 8.01. The quantitative estimate of drug-likeness (QED) is 0.476. The highest BCUT2D eigenvalue weighted by atomic mass is 32.2. The number of rotatable bonds is 6. The minimum atomic E-state index is -0.377. The monoisotopic (exact) mass is 406 g/mol. The van der Waals surface area contributed by atoms with Gasteiger partial charge in [-0.25, -0.2) is 5.10 Å². The molecule has 1 aromatic heterocycles. The highest BCUT2D eigenvalue weighted by Gasteiger charge is 2.24. The number of nitrogens with one attached hydrogen (secondary N) is 2. The van der Waals surface area contributed by atoms with Crippen molar-refractivity contribution in [3.8, 4) is 11.3 Å². The van der Waals surface area contributed by atoms with Crippen LogP contribution in [0.25, 0.3) is 11.3 Å². The standard InChI is InChI=1S/C16H18N6O3S2/c1-2-26-16-21-20-15(27-16)17-13(23)10-7-22(6-9-4-3-5-25-9)8-11-12(10)18-19-14(11)24/h7-9H,2-6H2,1H3,(H,19,24)(H,17,20,23)/t9-/m0/s1. The lowest BCUT2D eigenvalue weighted by Crippen LogP contribution is -2.20. The van der Waals surface area contributed by atoms with Crippen molar-refractivity contribution in [1.29, 1.82) is 0 Å². The van der Waals surface area contributed by atoms with Crippen LogP contribution in [0.15, 0.2) is 21.5 Å². The zero-order valence-electron chi connectivity index (χ0n) is 14.6. The summed E-state index contributed by atoms with van der Waals surface area (Å²) in [6.07, 6.45) is 5.48. The minimum absolute atomic E-state index is 0.0853. The maximum Gasteiger partial charge on any atom is 0.275 e. The first-order valence-electron chi connectivity index (χ1n) is 8.61. The summed E-state index contributed by atoms with van der Waals surface area (Å²) in [7, 11) is 0. The van der Waals surface area contributed by atoms with E-state index in [0.717, 1.165) is 29.5 Å². The van der Waals surface area contributed by atoms with E-state index in [-0.39, 0.29) is 17.6 Å². The highest BCUT2D eigenvalue weighted by Crippen LogP contribution is 2.27. The van der Waals surface area contributed by atoms with Crippen LogP contribution in [0.4, 0.5) is 5.13 Å². The summed E-state index contributed by atoms with van der Waals surface area (Å²) >= 11 is 2.88. The number of H-pyrrole nitrogens is 1. The molecule has 1 amide bonds. The Labute approximate surface area is 162 Å². The van der Waals surface area contributed by atoms with Gasteiger partial charge < -0.3 is 9.30 Å². The Kier molecular flexibility index (Phi) is 5.23. The third-order valence-corrected chi connectivity index (χ3v) is 6.05. The molecule has 0 saturated carbocycles. The first kappa shape index (κ1) is 18.1. The third-order valence-electron chi connectivity index (χ3n) is 4.19. The summed E-state index contributed by atoms with van der Waals surface area (Å²) in [6.45, 7) is 3.35. The number of nitrogens with zero attached hydrogens (tertiary/aromatic N) is 4. The van der Waals surface area contributed by atoms with Crippen LogP contribution in [-0.2, 0) is 11.3 Å². The average molecular weight is 406 g/mol. The van der Waals surface area contributed by atoms with Gasteiger partial charge >= 0.3 is 0 Å². The SMILES string of the molecule is CCSc1nnc(NC(=O)c2cn(C[C@@H]3CCCO3)cc3c(=O)[nH]nc2-3)s1. The maximum absolute atomic E-state index is 12.8. The largest absolute Gasteiger partial charge is 0.376 e. The molecule has 0 aliphatic carbocycles. The number of thioether (sulfide) groups is 1. The fourth-order valence-corrected chi connectivity index (χ4v) is 4.64. The van der Waals surface area contributed by atoms with Crippen molar-refractivity contribution in [1.82, 2.24) is 25.0 Å². The number of carbonyl (C=O) groups excluding carboxylic acids is 1. The topological polar surface area (TPSA) is 115 Å². The molecule has 3 aliphatic rings. The number of carbonyl (C=O) groups is 1. The van der Waals surface area contributed by atoms with Gasteiger partial charge in [-0.15, -0.1) is 10.2 Å². The van der Waals surface area contributed by atoms with Gasteiger partial charge in [0, 0.05) is 25.5 Å². The van der Waals surface area contributed by atoms with Gasteiger partial charge in [-0.05, 0) is 18.6 Å². The van der Waals surface area contributed by atoms with Gasteiger partial charge in [0.25, 0.3) is 11.5 Å². The molecule has 0 bridgehead atoms. The lowest BCUT2D eigenvalue weighted by molar-refractivity contribution is 0.0961. The normalized spacial score (nSPS) is 16.9. The summed E-state index contributed by atoms with van der Waals surface area (Å²) in [5.41, 5.74) is 0.705. The van der Waals surface area contributed by atoms with Gasteiger partial charge in [0.05, 0.1) is 17.2 Å². The number of anilines is 1. The fraction of sp³-hybridized carbons (Fsp3) is 0.438. The van der Waals surface area contributed by atoms with E-state index >= 15 is 0 Å². The maximum atomic E-state index is 12.8. The smallest absolute Gasteiger partial charge is 0.275 e. The van der Waals surface area contributed by atoms with Gasteiger partial charge in [0.1, 0.15) is 5.69 Å². The molecule has 2 N–H and O–H groups in total. The van der Waals surface area contributed by atoms with Crippen LogP contribution < -0.4 is 10.9 Å². The molecule has 0 aromatic carbocycles. The first-order valence-corrected chi connectivity index (χ1v) is 10.4. The summed E-state index contributed by atoms with van der Waals surface area (Å²) < 4.78 is 8.28. The Morgan fingerprint density at radius 1 is 1.48 bits per heavy atom. The van der Waals surface area contributed by atoms with Crippen molar-refractivity contribution in [3.63, 3.8) is 0 Å². The third kappa shape index (κ3) is 3.89. The van der Waals surface area contributed by atoms with Gasteiger partial charge in [-0.3, -0.25) is 14.9 Å². The second kappa shape index (κ2) is 7.79. The summed E-state index contributed by atoms with van der Waals surface area (Å²) in [5.74, 6) is 0.502. The summed E-state index contributed by atoms with van der Waals surface area (Å²) in [4.78, 5) is 24.9. The molecule has 4 rings (SSSR count). The molecular weight excluding hydrogens is 388 g/mol. The van der Waals surface area contributed by atoms with Gasteiger partial charge in [0.2, 0.25) is 5.13 Å². The summed E-state index contributed by atoms with van der Waals surface area (Å²) in [5, 5.41) is 17.6. The molecule has 27 heavy (non-hydrogen) atoms. The van der Waals surface area contributed by atoms with Gasteiger partial charge in [0.15, 0.2) is 4.34 Å². The van der Waals surface area contributed by atoms with Crippen LogP contribution in [0.1, 0.15) is 30.1 Å². The van der Waals surface area contributed by atoms with E-state index in [2.05, 4.69) is 25.7 Å². The number of fused-ring (bicyclic) bond motifs is 1. The van der Waals surface area contributed by atoms with E-state index in [9.17, 15) is 9.59 Å². The second-order valence-corrected chi connectivity index (χ2v) is 8.57. The average Bonchev–Trinajstić information content (AvgIpc) is 3.38. The van der Waals surface area contributed by atoms with Gasteiger partial charge in [-0.2, -0.15) is 5.10 Å². The number of ether oxygens (including phenoxy) is 1. The molecule has 0 spiro atoms. The number of hydrogen-bond donors (Lipinski definition) is 2. The zero-order chi connectivity index (χ0) is 18.8. The Balaban J connectivity index is 1.62. The Bertz CT molecular complexity index is 975.